The van der Waals surface area contributed by atoms with Crippen molar-refractivity contribution in [2.75, 3.05) is 31.1 Å². The Hall–Kier alpha value is -3.49. The molecule has 1 N–H and O–H groups in total. The summed E-state index contributed by atoms with van der Waals surface area (Å²) >= 11 is 6.05. The van der Waals surface area contributed by atoms with Crippen molar-refractivity contribution in [3.05, 3.63) is 98.8 Å². The van der Waals surface area contributed by atoms with Gasteiger partial charge in [-0.15, -0.1) is 0 Å². The summed E-state index contributed by atoms with van der Waals surface area (Å²) in [6.07, 6.45) is 2.87. The van der Waals surface area contributed by atoms with Crippen LogP contribution in [0.5, 0.6) is 0 Å². The van der Waals surface area contributed by atoms with Crippen LogP contribution in [-0.2, 0) is 24.2 Å². The Morgan fingerprint density at radius 2 is 1.97 bits per heavy atom. The topological polar surface area (TPSA) is 91.6 Å². The van der Waals surface area contributed by atoms with Crippen molar-refractivity contribution in [2.24, 2.45) is 5.92 Å². The number of nitrogens with one attached hydrogen (secondary N) is 1. The molecule has 9 heteroatoms. The van der Waals surface area contributed by atoms with Gasteiger partial charge in [-0.2, -0.15) is 0 Å². The molecule has 2 atom stereocenters. The first-order chi connectivity index (χ1) is 17.5. The number of halogens is 1. The molecule has 1 aromatic heterocycles. The molecule has 3 aromatic rings. The van der Waals surface area contributed by atoms with Crippen molar-refractivity contribution in [3.63, 3.8) is 0 Å². The van der Waals surface area contributed by atoms with E-state index in [1.165, 1.54) is 5.56 Å². The standard InChI is InChI=1S/C27H28ClN5O3/c28-21-6-4-19(5-7-21)17-31-13-14-32-25-9-8-23(33(35)36)15-20(25)16-24(26(32)18-31)27(34)30-12-10-22-3-1-2-11-29-22/h1-9,11,15,24,26H,10,12-14,16-18H2,(H,30,34)/t24-,26+/m1/s1. The number of hydrogen-bond acceptors (Lipinski definition) is 6. The molecule has 186 valence electrons. The molecule has 1 amide bonds. The van der Waals surface area contributed by atoms with Gasteiger partial charge in [-0.05, 0) is 47.9 Å². The molecular weight excluding hydrogens is 478 g/mol. The van der Waals surface area contributed by atoms with Crippen LogP contribution in [0.15, 0.2) is 66.9 Å². The predicted molar refractivity (Wildman–Crippen MR) is 139 cm³/mol. The summed E-state index contributed by atoms with van der Waals surface area (Å²) in [6, 6.07) is 18.6. The van der Waals surface area contributed by atoms with Gasteiger partial charge in [-0.25, -0.2) is 0 Å². The van der Waals surface area contributed by atoms with Crippen LogP contribution in [0.4, 0.5) is 11.4 Å². The highest BCUT2D eigenvalue weighted by Gasteiger charge is 2.41. The average molecular weight is 506 g/mol. The van der Waals surface area contributed by atoms with Crippen LogP contribution >= 0.6 is 11.6 Å². The summed E-state index contributed by atoms with van der Waals surface area (Å²) in [7, 11) is 0. The quantitative estimate of drug-likeness (QED) is 0.387. The van der Waals surface area contributed by atoms with E-state index in [-0.39, 0.29) is 28.5 Å². The van der Waals surface area contributed by atoms with Gasteiger partial charge in [0.15, 0.2) is 0 Å². The van der Waals surface area contributed by atoms with Gasteiger partial charge in [-0.1, -0.05) is 29.8 Å². The van der Waals surface area contributed by atoms with Gasteiger partial charge in [-0.3, -0.25) is 24.8 Å². The number of nitrogens with zero attached hydrogens (tertiary/aromatic N) is 4. The molecule has 8 nitrogen and oxygen atoms in total. The van der Waals surface area contributed by atoms with E-state index in [4.69, 9.17) is 11.6 Å². The second-order valence-corrected chi connectivity index (χ2v) is 9.80. The number of non-ortho nitro benzene ring substituents is 1. The number of aromatic nitrogens is 1. The lowest BCUT2D eigenvalue weighted by Gasteiger charge is -2.49. The van der Waals surface area contributed by atoms with Crippen LogP contribution < -0.4 is 10.2 Å². The number of carbonyl (C=O) groups is 1. The molecule has 1 saturated heterocycles. The van der Waals surface area contributed by atoms with E-state index >= 15 is 0 Å². The summed E-state index contributed by atoms with van der Waals surface area (Å²) in [5.74, 6) is -0.331. The third kappa shape index (κ3) is 5.34. The van der Waals surface area contributed by atoms with E-state index in [0.29, 0.717) is 24.4 Å². The Morgan fingerprint density at radius 3 is 2.72 bits per heavy atom. The normalized spacial score (nSPS) is 19.3. The number of hydrogen-bond donors (Lipinski definition) is 1. The molecule has 3 heterocycles. The predicted octanol–water partition coefficient (Wildman–Crippen LogP) is 3.87. The molecule has 5 rings (SSSR count). The number of pyridine rings is 1. The molecule has 0 unspecified atom stereocenters. The van der Waals surface area contributed by atoms with Gasteiger partial charge in [0.05, 0.1) is 16.9 Å². The van der Waals surface area contributed by atoms with Crippen LogP contribution in [0.1, 0.15) is 16.8 Å². The minimum absolute atomic E-state index is 0.0187. The third-order valence-electron chi connectivity index (χ3n) is 7.05. The van der Waals surface area contributed by atoms with Gasteiger partial charge in [0.2, 0.25) is 5.91 Å². The third-order valence-corrected chi connectivity index (χ3v) is 7.31. The molecule has 2 aromatic carbocycles. The van der Waals surface area contributed by atoms with Crippen molar-refractivity contribution in [3.8, 4) is 0 Å². The Bertz CT molecular complexity index is 1240. The Labute approximate surface area is 215 Å². The zero-order chi connectivity index (χ0) is 25.1. The van der Waals surface area contributed by atoms with Crippen molar-refractivity contribution in [2.45, 2.75) is 25.4 Å². The number of anilines is 1. The summed E-state index contributed by atoms with van der Waals surface area (Å²) in [6.45, 7) is 3.60. The van der Waals surface area contributed by atoms with Crippen LogP contribution in [0.25, 0.3) is 0 Å². The molecule has 1 fully saturated rings. The maximum absolute atomic E-state index is 13.4. The number of benzene rings is 2. The lowest BCUT2D eigenvalue weighted by atomic mass is 9.83. The van der Waals surface area contributed by atoms with Gasteiger partial charge in [0, 0.05) is 73.9 Å². The Balaban J connectivity index is 1.35. The number of piperazine rings is 1. The first-order valence-corrected chi connectivity index (χ1v) is 12.5. The van der Waals surface area contributed by atoms with Crippen molar-refractivity contribution < 1.29 is 9.72 Å². The highest BCUT2D eigenvalue weighted by molar-refractivity contribution is 6.30. The van der Waals surface area contributed by atoms with Crippen molar-refractivity contribution in [1.29, 1.82) is 0 Å². The fraction of sp³-hybridized carbons (Fsp3) is 0.333. The number of nitro groups is 1. The van der Waals surface area contributed by atoms with E-state index in [9.17, 15) is 14.9 Å². The molecular formula is C27H28ClN5O3. The number of fused-ring (bicyclic) bond motifs is 3. The van der Waals surface area contributed by atoms with E-state index in [1.54, 1.807) is 18.3 Å². The summed E-state index contributed by atoms with van der Waals surface area (Å²) < 4.78 is 0. The van der Waals surface area contributed by atoms with Crippen LogP contribution in [-0.4, -0.2) is 52.9 Å². The number of rotatable bonds is 7. The van der Waals surface area contributed by atoms with E-state index in [2.05, 4.69) is 20.1 Å². The minimum Gasteiger partial charge on any atom is -0.365 e. The summed E-state index contributed by atoms with van der Waals surface area (Å²) in [5, 5.41) is 15.2. The number of nitro benzene ring substituents is 1. The maximum Gasteiger partial charge on any atom is 0.269 e. The van der Waals surface area contributed by atoms with Crippen LogP contribution in [0.2, 0.25) is 5.02 Å². The minimum atomic E-state index is -0.377. The lowest BCUT2D eigenvalue weighted by Crippen LogP contribution is -2.61. The molecule has 2 aliphatic rings. The highest BCUT2D eigenvalue weighted by Crippen LogP contribution is 2.38. The number of amides is 1. The average Bonchev–Trinajstić information content (AvgIpc) is 2.89. The Kier molecular flexibility index (Phi) is 7.16. The van der Waals surface area contributed by atoms with Gasteiger partial charge >= 0.3 is 0 Å². The van der Waals surface area contributed by atoms with Crippen molar-refractivity contribution >= 4 is 28.9 Å². The molecule has 0 bridgehead atoms. The molecule has 0 spiro atoms. The molecule has 0 saturated carbocycles. The lowest BCUT2D eigenvalue weighted by molar-refractivity contribution is -0.384. The first-order valence-electron chi connectivity index (χ1n) is 12.2. The zero-order valence-electron chi connectivity index (χ0n) is 19.8. The van der Waals surface area contributed by atoms with Crippen LogP contribution in [0, 0.1) is 16.0 Å². The van der Waals surface area contributed by atoms with E-state index in [1.807, 2.05) is 48.5 Å². The Morgan fingerprint density at radius 1 is 1.14 bits per heavy atom. The van der Waals surface area contributed by atoms with Gasteiger partial charge < -0.3 is 10.2 Å². The second-order valence-electron chi connectivity index (χ2n) is 9.37. The highest BCUT2D eigenvalue weighted by atomic mass is 35.5. The van der Waals surface area contributed by atoms with Gasteiger partial charge in [0.25, 0.3) is 5.69 Å². The first kappa shape index (κ1) is 24.2. The largest absolute Gasteiger partial charge is 0.365 e. The molecule has 36 heavy (non-hydrogen) atoms. The monoisotopic (exact) mass is 505 g/mol. The molecule has 0 radical (unpaired) electrons. The van der Waals surface area contributed by atoms with Crippen molar-refractivity contribution in [1.82, 2.24) is 15.2 Å². The summed E-state index contributed by atoms with van der Waals surface area (Å²) in [5.41, 5.74) is 4.01. The SMILES string of the molecule is O=C(NCCc1ccccn1)[C@@H]1Cc2cc([N+](=O)[O-])ccc2N2CCN(Cc3ccc(Cl)cc3)C[C@@H]12. The van der Waals surface area contributed by atoms with E-state index < -0.39 is 0 Å². The number of carbonyl (C=O) groups excluding carboxylic acids is 1. The fourth-order valence-corrected chi connectivity index (χ4v) is 5.39. The molecule has 2 aliphatic heterocycles. The molecule has 0 aliphatic carbocycles. The smallest absolute Gasteiger partial charge is 0.269 e. The van der Waals surface area contributed by atoms with E-state index in [0.717, 1.165) is 43.1 Å². The zero-order valence-corrected chi connectivity index (χ0v) is 20.6. The second kappa shape index (κ2) is 10.6. The summed E-state index contributed by atoms with van der Waals surface area (Å²) in [4.78, 5) is 33.4. The maximum atomic E-state index is 13.4. The fourth-order valence-electron chi connectivity index (χ4n) is 5.26. The van der Waals surface area contributed by atoms with Crippen LogP contribution in [0.3, 0.4) is 0 Å². The van der Waals surface area contributed by atoms with Gasteiger partial charge in [0.1, 0.15) is 0 Å².